The minimum atomic E-state index is -0.00796. The Hall–Kier alpha value is -1.55. The number of hydrogen-bond donors (Lipinski definition) is 1. The first-order valence-corrected chi connectivity index (χ1v) is 5.21. The van der Waals surface area contributed by atoms with Crippen LogP contribution in [-0.2, 0) is 4.79 Å². The number of amides is 1. The number of nitrogens with two attached hydrogens (primary N) is 1. The summed E-state index contributed by atoms with van der Waals surface area (Å²) in [7, 11) is 3.32. The van der Waals surface area contributed by atoms with Gasteiger partial charge in [-0.05, 0) is 24.6 Å². The number of methoxy groups -OCH3 is 1. The molecule has 16 heavy (non-hydrogen) atoms. The number of aryl methyl sites for hydroxylation is 1. The maximum absolute atomic E-state index is 11.7. The van der Waals surface area contributed by atoms with Crippen LogP contribution in [0.2, 0.25) is 0 Å². The van der Waals surface area contributed by atoms with E-state index < -0.39 is 0 Å². The molecule has 1 aromatic carbocycles. The molecule has 2 N–H and O–H groups in total. The molecular formula is C12H18N2O2. The molecule has 0 aliphatic heterocycles. The third kappa shape index (κ3) is 2.73. The minimum absolute atomic E-state index is 0.00796. The maximum Gasteiger partial charge on any atom is 0.228 e. The highest BCUT2D eigenvalue weighted by atomic mass is 16.5. The van der Waals surface area contributed by atoms with Gasteiger partial charge in [0.05, 0.1) is 12.8 Å². The van der Waals surface area contributed by atoms with Gasteiger partial charge in [0.25, 0.3) is 0 Å². The lowest BCUT2D eigenvalue weighted by Crippen LogP contribution is -2.28. The Balaban J connectivity index is 3.01. The molecule has 0 unspecified atom stereocenters. The first-order chi connectivity index (χ1) is 7.60. The van der Waals surface area contributed by atoms with Crippen LogP contribution in [0, 0.1) is 6.92 Å². The van der Waals surface area contributed by atoms with E-state index in [1.54, 1.807) is 19.1 Å². The average molecular weight is 222 g/mol. The molecule has 1 rings (SSSR count). The van der Waals surface area contributed by atoms with E-state index in [9.17, 15) is 4.79 Å². The monoisotopic (exact) mass is 222 g/mol. The molecular weight excluding hydrogens is 204 g/mol. The van der Waals surface area contributed by atoms with Crippen molar-refractivity contribution in [2.75, 3.05) is 25.6 Å². The Kier molecular flexibility index (Phi) is 4.31. The Labute approximate surface area is 96.0 Å². The van der Waals surface area contributed by atoms with Crippen molar-refractivity contribution in [1.82, 2.24) is 0 Å². The van der Waals surface area contributed by atoms with Crippen LogP contribution >= 0.6 is 0 Å². The van der Waals surface area contributed by atoms with Gasteiger partial charge in [-0.3, -0.25) is 4.79 Å². The summed E-state index contributed by atoms with van der Waals surface area (Å²) in [4.78, 5) is 13.3. The second-order valence-corrected chi connectivity index (χ2v) is 3.67. The average Bonchev–Trinajstić information content (AvgIpc) is 2.28. The highest BCUT2D eigenvalue weighted by molar-refractivity contribution is 5.94. The fraction of sp³-hybridized carbons (Fsp3) is 0.417. The first-order valence-electron chi connectivity index (χ1n) is 5.21. The van der Waals surface area contributed by atoms with Crippen LogP contribution in [0.3, 0.4) is 0 Å². The van der Waals surface area contributed by atoms with Gasteiger partial charge in [-0.1, -0.05) is 6.07 Å². The van der Waals surface area contributed by atoms with Crippen molar-refractivity contribution < 1.29 is 9.53 Å². The number of hydrogen-bond acceptors (Lipinski definition) is 3. The third-order valence-corrected chi connectivity index (χ3v) is 2.43. The van der Waals surface area contributed by atoms with Gasteiger partial charge >= 0.3 is 0 Å². The first kappa shape index (κ1) is 12.5. The van der Waals surface area contributed by atoms with Gasteiger partial charge in [0.15, 0.2) is 0 Å². The molecule has 0 saturated heterocycles. The Morgan fingerprint density at radius 2 is 2.19 bits per heavy atom. The van der Waals surface area contributed by atoms with E-state index in [4.69, 9.17) is 10.5 Å². The second-order valence-electron chi connectivity index (χ2n) is 3.67. The maximum atomic E-state index is 11.7. The predicted molar refractivity (Wildman–Crippen MR) is 64.8 cm³/mol. The summed E-state index contributed by atoms with van der Waals surface area (Å²) in [6, 6.07) is 5.73. The fourth-order valence-electron chi connectivity index (χ4n) is 1.49. The molecule has 0 spiro atoms. The van der Waals surface area contributed by atoms with Crippen molar-refractivity contribution in [3.63, 3.8) is 0 Å². The molecule has 0 radical (unpaired) electrons. The van der Waals surface area contributed by atoms with Gasteiger partial charge < -0.3 is 15.4 Å². The zero-order valence-corrected chi connectivity index (χ0v) is 9.99. The summed E-state index contributed by atoms with van der Waals surface area (Å²) in [5.41, 5.74) is 7.23. The van der Waals surface area contributed by atoms with Crippen molar-refractivity contribution in [2.24, 2.45) is 5.73 Å². The van der Waals surface area contributed by atoms with Crippen molar-refractivity contribution in [1.29, 1.82) is 0 Å². The quantitative estimate of drug-likeness (QED) is 0.835. The summed E-state index contributed by atoms with van der Waals surface area (Å²) >= 11 is 0. The van der Waals surface area contributed by atoms with Crippen LogP contribution < -0.4 is 15.4 Å². The molecule has 4 nitrogen and oxygen atoms in total. The smallest absolute Gasteiger partial charge is 0.228 e. The Bertz CT molecular complexity index is 377. The van der Waals surface area contributed by atoms with Crippen molar-refractivity contribution >= 4 is 11.6 Å². The molecule has 0 aromatic heterocycles. The number of rotatable bonds is 4. The van der Waals surface area contributed by atoms with Crippen LogP contribution in [0.4, 0.5) is 5.69 Å². The highest BCUT2D eigenvalue weighted by Gasteiger charge is 2.14. The standard InChI is InChI=1S/C12H18N2O2/c1-9-4-5-11(16-3)10(8-9)14(2)12(15)6-7-13/h4-5,8H,6-7,13H2,1-3H3. The molecule has 0 fully saturated rings. The molecule has 1 amide bonds. The molecule has 4 heteroatoms. The van der Waals surface area contributed by atoms with Gasteiger partial charge in [-0.25, -0.2) is 0 Å². The van der Waals surface area contributed by atoms with E-state index in [-0.39, 0.29) is 5.91 Å². The number of anilines is 1. The summed E-state index contributed by atoms with van der Waals surface area (Å²) in [5.74, 6) is 0.685. The molecule has 0 saturated carbocycles. The van der Waals surface area contributed by atoms with Crippen LogP contribution in [0.25, 0.3) is 0 Å². The van der Waals surface area contributed by atoms with E-state index in [0.29, 0.717) is 18.7 Å². The molecule has 1 aromatic rings. The third-order valence-electron chi connectivity index (χ3n) is 2.43. The number of benzene rings is 1. The molecule has 0 atom stereocenters. The van der Waals surface area contributed by atoms with Crippen LogP contribution in [0.15, 0.2) is 18.2 Å². The summed E-state index contributed by atoms with van der Waals surface area (Å²) in [5, 5.41) is 0. The second kappa shape index (κ2) is 5.51. The Morgan fingerprint density at radius 3 is 2.75 bits per heavy atom. The number of ether oxygens (including phenoxy) is 1. The summed E-state index contributed by atoms with van der Waals surface area (Å²) < 4.78 is 5.22. The molecule has 88 valence electrons. The normalized spacial score (nSPS) is 10.0. The number of nitrogens with zero attached hydrogens (tertiary/aromatic N) is 1. The molecule has 0 aliphatic carbocycles. The van der Waals surface area contributed by atoms with Gasteiger partial charge in [0.1, 0.15) is 5.75 Å². The van der Waals surface area contributed by atoms with Crippen LogP contribution in [-0.4, -0.2) is 26.6 Å². The largest absolute Gasteiger partial charge is 0.495 e. The van der Waals surface area contributed by atoms with Crippen molar-refractivity contribution in [3.8, 4) is 5.75 Å². The van der Waals surface area contributed by atoms with Crippen LogP contribution in [0.5, 0.6) is 5.75 Å². The number of carbonyl (C=O) groups excluding carboxylic acids is 1. The molecule has 0 bridgehead atoms. The predicted octanol–water partition coefficient (Wildman–Crippen LogP) is 1.32. The van der Waals surface area contributed by atoms with E-state index in [1.165, 1.54) is 0 Å². The van der Waals surface area contributed by atoms with Gasteiger partial charge in [-0.15, -0.1) is 0 Å². The lowest BCUT2D eigenvalue weighted by atomic mass is 10.2. The minimum Gasteiger partial charge on any atom is -0.495 e. The van der Waals surface area contributed by atoms with Crippen molar-refractivity contribution in [2.45, 2.75) is 13.3 Å². The molecule has 0 heterocycles. The SMILES string of the molecule is COc1ccc(C)cc1N(C)C(=O)CCN. The zero-order valence-electron chi connectivity index (χ0n) is 9.99. The van der Waals surface area contributed by atoms with Gasteiger partial charge in [-0.2, -0.15) is 0 Å². The fourth-order valence-corrected chi connectivity index (χ4v) is 1.49. The van der Waals surface area contributed by atoms with Gasteiger partial charge in [0, 0.05) is 20.0 Å². The Morgan fingerprint density at radius 1 is 1.50 bits per heavy atom. The van der Waals surface area contributed by atoms with Crippen molar-refractivity contribution in [3.05, 3.63) is 23.8 Å². The number of carbonyl (C=O) groups is 1. The van der Waals surface area contributed by atoms with E-state index in [0.717, 1.165) is 11.3 Å². The van der Waals surface area contributed by atoms with Gasteiger partial charge in [0.2, 0.25) is 5.91 Å². The summed E-state index contributed by atoms with van der Waals surface area (Å²) in [6.07, 6.45) is 0.341. The lowest BCUT2D eigenvalue weighted by Gasteiger charge is -2.20. The van der Waals surface area contributed by atoms with E-state index in [1.807, 2.05) is 25.1 Å². The van der Waals surface area contributed by atoms with E-state index in [2.05, 4.69) is 0 Å². The molecule has 0 aliphatic rings. The van der Waals surface area contributed by atoms with Crippen LogP contribution in [0.1, 0.15) is 12.0 Å². The topological polar surface area (TPSA) is 55.6 Å². The zero-order chi connectivity index (χ0) is 12.1. The highest BCUT2D eigenvalue weighted by Crippen LogP contribution is 2.28. The summed E-state index contributed by atoms with van der Waals surface area (Å²) in [6.45, 7) is 2.33. The lowest BCUT2D eigenvalue weighted by molar-refractivity contribution is -0.118. The van der Waals surface area contributed by atoms with E-state index >= 15 is 0 Å².